The maximum Gasteiger partial charge on any atom is 0.354 e. The van der Waals surface area contributed by atoms with Crippen LogP contribution in [-0.4, -0.2) is 22.0 Å². The summed E-state index contributed by atoms with van der Waals surface area (Å²) >= 11 is 0. The van der Waals surface area contributed by atoms with Crippen LogP contribution in [0.3, 0.4) is 0 Å². The second-order valence-corrected chi connectivity index (χ2v) is 3.95. The summed E-state index contributed by atoms with van der Waals surface area (Å²) in [5.74, 6) is -1.33. The van der Waals surface area contributed by atoms with E-state index in [4.69, 9.17) is 5.11 Å². The van der Waals surface area contributed by atoms with Crippen molar-refractivity contribution >= 4 is 17.6 Å². The Hall–Kier alpha value is -2.69. The minimum absolute atomic E-state index is 0.0995. The van der Waals surface area contributed by atoms with Crippen molar-refractivity contribution in [1.29, 1.82) is 0 Å². The Bertz CT molecular complexity index is 597. The van der Waals surface area contributed by atoms with Gasteiger partial charge in [0.1, 0.15) is 5.69 Å². The zero-order chi connectivity index (χ0) is 13.7. The number of rotatable bonds is 4. The van der Waals surface area contributed by atoms with Gasteiger partial charge in [-0.15, -0.1) is 0 Å². The van der Waals surface area contributed by atoms with Crippen molar-refractivity contribution in [2.45, 2.75) is 6.42 Å². The fraction of sp³-hybridized carbons (Fsp3) is 0.0714. The van der Waals surface area contributed by atoms with Gasteiger partial charge in [-0.3, -0.25) is 4.79 Å². The zero-order valence-corrected chi connectivity index (χ0v) is 10.0. The number of aromatic nitrogens is 1. The highest BCUT2D eigenvalue weighted by Gasteiger charge is 2.07. The highest BCUT2D eigenvalue weighted by Crippen LogP contribution is 2.09. The number of hydrogen-bond donors (Lipinski definition) is 2. The number of hydrogen-bond acceptors (Lipinski definition) is 3. The molecule has 0 aliphatic rings. The fourth-order valence-corrected chi connectivity index (χ4v) is 1.61. The molecule has 0 aliphatic carbocycles. The van der Waals surface area contributed by atoms with E-state index in [0.717, 1.165) is 5.56 Å². The molecule has 19 heavy (non-hydrogen) atoms. The summed E-state index contributed by atoms with van der Waals surface area (Å²) in [6.07, 6.45) is 1.59. The monoisotopic (exact) mass is 256 g/mol. The van der Waals surface area contributed by atoms with E-state index >= 15 is 0 Å². The third kappa shape index (κ3) is 3.64. The minimum atomic E-state index is -1.13. The molecule has 1 heterocycles. The van der Waals surface area contributed by atoms with Gasteiger partial charge in [-0.25, -0.2) is 9.78 Å². The Kier molecular flexibility index (Phi) is 3.87. The van der Waals surface area contributed by atoms with E-state index in [1.54, 1.807) is 6.07 Å². The van der Waals surface area contributed by atoms with Crippen LogP contribution in [0.4, 0.5) is 5.69 Å². The first-order valence-electron chi connectivity index (χ1n) is 5.68. The molecule has 2 rings (SSSR count). The zero-order valence-electron chi connectivity index (χ0n) is 10.0. The Balaban J connectivity index is 2.03. The van der Waals surface area contributed by atoms with Crippen LogP contribution in [-0.2, 0) is 11.2 Å². The summed E-state index contributed by atoms with van der Waals surface area (Å²) in [5.41, 5.74) is 1.22. The van der Waals surface area contributed by atoms with Crippen LogP contribution < -0.4 is 5.32 Å². The third-order valence-corrected chi connectivity index (χ3v) is 2.47. The molecule has 0 aliphatic heterocycles. The smallest absolute Gasteiger partial charge is 0.354 e. The molecule has 0 bridgehead atoms. The van der Waals surface area contributed by atoms with Gasteiger partial charge in [-0.05, 0) is 17.7 Å². The maximum atomic E-state index is 11.8. The van der Waals surface area contributed by atoms with Gasteiger partial charge in [0.25, 0.3) is 0 Å². The molecule has 1 aromatic heterocycles. The second kappa shape index (κ2) is 5.77. The van der Waals surface area contributed by atoms with Gasteiger partial charge in [0.05, 0.1) is 6.42 Å². The molecule has 0 saturated heterocycles. The number of amides is 1. The van der Waals surface area contributed by atoms with Crippen molar-refractivity contribution in [3.8, 4) is 0 Å². The molecule has 0 spiro atoms. The Morgan fingerprint density at radius 2 is 1.89 bits per heavy atom. The molecule has 2 aromatic rings. The second-order valence-electron chi connectivity index (χ2n) is 3.95. The van der Waals surface area contributed by atoms with Crippen molar-refractivity contribution in [2.24, 2.45) is 0 Å². The van der Waals surface area contributed by atoms with Gasteiger partial charge in [-0.2, -0.15) is 0 Å². The van der Waals surface area contributed by atoms with Crippen LogP contribution in [0.1, 0.15) is 16.1 Å². The number of carbonyl (C=O) groups excluding carboxylic acids is 1. The summed E-state index contributed by atoms with van der Waals surface area (Å²) in [5, 5.41) is 11.4. The first-order valence-corrected chi connectivity index (χ1v) is 5.68. The van der Waals surface area contributed by atoms with Gasteiger partial charge in [0, 0.05) is 11.9 Å². The highest BCUT2D eigenvalue weighted by atomic mass is 16.4. The lowest BCUT2D eigenvalue weighted by Gasteiger charge is -2.05. The number of pyridine rings is 1. The minimum Gasteiger partial charge on any atom is -0.477 e. The molecular formula is C14H12N2O3. The number of benzene rings is 1. The molecule has 5 heteroatoms. The lowest BCUT2D eigenvalue weighted by molar-refractivity contribution is -0.115. The van der Waals surface area contributed by atoms with Gasteiger partial charge in [-0.1, -0.05) is 30.3 Å². The average Bonchev–Trinajstić information content (AvgIpc) is 2.40. The van der Waals surface area contributed by atoms with Crippen LogP contribution in [0.5, 0.6) is 0 Å². The van der Waals surface area contributed by atoms with Crippen LogP contribution in [0.25, 0.3) is 0 Å². The first-order chi connectivity index (χ1) is 9.15. The molecule has 5 nitrogen and oxygen atoms in total. The number of aromatic carboxylic acids is 1. The molecule has 0 fully saturated rings. The lowest BCUT2D eigenvalue weighted by atomic mass is 10.1. The Morgan fingerprint density at radius 3 is 2.58 bits per heavy atom. The van der Waals surface area contributed by atoms with E-state index in [0.29, 0.717) is 5.69 Å². The number of nitrogens with zero attached hydrogens (tertiary/aromatic N) is 1. The number of carboxylic acids is 1. The van der Waals surface area contributed by atoms with Gasteiger partial charge in [0.15, 0.2) is 0 Å². The summed E-state index contributed by atoms with van der Waals surface area (Å²) in [6.45, 7) is 0. The highest BCUT2D eigenvalue weighted by molar-refractivity contribution is 5.94. The Morgan fingerprint density at radius 1 is 1.16 bits per heavy atom. The summed E-state index contributed by atoms with van der Waals surface area (Å²) in [4.78, 5) is 26.2. The molecule has 0 unspecified atom stereocenters. The van der Waals surface area contributed by atoms with Gasteiger partial charge < -0.3 is 10.4 Å². The number of carbonyl (C=O) groups is 2. The van der Waals surface area contributed by atoms with E-state index in [1.807, 2.05) is 30.3 Å². The van der Waals surface area contributed by atoms with Gasteiger partial charge >= 0.3 is 5.97 Å². The quantitative estimate of drug-likeness (QED) is 0.876. The van der Waals surface area contributed by atoms with E-state index in [1.165, 1.54) is 12.3 Å². The summed E-state index contributed by atoms with van der Waals surface area (Å²) in [7, 11) is 0. The van der Waals surface area contributed by atoms with Crippen LogP contribution in [0.15, 0.2) is 48.7 Å². The SMILES string of the molecule is O=C(Cc1ccccc1)Nc1ccnc(C(=O)O)c1. The fourth-order valence-electron chi connectivity index (χ4n) is 1.61. The molecule has 1 aromatic carbocycles. The molecule has 0 atom stereocenters. The molecule has 1 amide bonds. The lowest BCUT2D eigenvalue weighted by Crippen LogP contribution is -2.15. The molecule has 96 valence electrons. The number of nitrogens with one attached hydrogen (secondary N) is 1. The number of anilines is 1. The maximum absolute atomic E-state index is 11.8. The van der Waals surface area contributed by atoms with E-state index in [2.05, 4.69) is 10.3 Å². The molecule has 0 saturated carbocycles. The van der Waals surface area contributed by atoms with E-state index < -0.39 is 5.97 Å². The number of carboxylic acid groups (broad SMARTS) is 1. The predicted octanol–water partition coefficient (Wildman–Crippen LogP) is 1.96. The van der Waals surface area contributed by atoms with Crippen molar-refractivity contribution in [2.75, 3.05) is 5.32 Å². The molecule has 0 radical (unpaired) electrons. The van der Waals surface area contributed by atoms with Crippen molar-refractivity contribution in [1.82, 2.24) is 4.98 Å². The standard InChI is InChI=1S/C14H12N2O3/c17-13(8-10-4-2-1-3-5-10)16-11-6-7-15-12(9-11)14(18)19/h1-7,9H,8H2,(H,18,19)(H,15,16,17). The molecule has 2 N–H and O–H groups in total. The average molecular weight is 256 g/mol. The van der Waals surface area contributed by atoms with Crippen molar-refractivity contribution in [3.05, 3.63) is 59.9 Å². The van der Waals surface area contributed by atoms with Gasteiger partial charge in [0.2, 0.25) is 5.91 Å². The first kappa shape index (κ1) is 12.8. The van der Waals surface area contributed by atoms with Crippen LogP contribution in [0, 0.1) is 0 Å². The van der Waals surface area contributed by atoms with Crippen molar-refractivity contribution in [3.63, 3.8) is 0 Å². The van der Waals surface area contributed by atoms with Crippen LogP contribution in [0.2, 0.25) is 0 Å². The largest absolute Gasteiger partial charge is 0.477 e. The Labute approximate surface area is 109 Å². The van der Waals surface area contributed by atoms with Crippen molar-refractivity contribution < 1.29 is 14.7 Å². The van der Waals surface area contributed by atoms with E-state index in [9.17, 15) is 9.59 Å². The topological polar surface area (TPSA) is 79.3 Å². The third-order valence-electron chi connectivity index (χ3n) is 2.47. The predicted molar refractivity (Wildman–Crippen MR) is 70.0 cm³/mol. The van der Waals surface area contributed by atoms with Crippen LogP contribution >= 0.6 is 0 Å². The summed E-state index contributed by atoms with van der Waals surface area (Å²) < 4.78 is 0. The normalized spacial score (nSPS) is 9.89. The summed E-state index contributed by atoms with van der Waals surface area (Å²) in [6, 6.07) is 12.2. The molecular weight excluding hydrogens is 244 g/mol. The van der Waals surface area contributed by atoms with E-state index in [-0.39, 0.29) is 18.0 Å².